The van der Waals surface area contributed by atoms with Gasteiger partial charge in [0.1, 0.15) is 22.2 Å². The van der Waals surface area contributed by atoms with Gasteiger partial charge in [-0.3, -0.25) is 0 Å². The number of nitrogens with zero attached hydrogens (tertiary/aromatic N) is 1. The van der Waals surface area contributed by atoms with Gasteiger partial charge < -0.3 is 13.9 Å². The summed E-state index contributed by atoms with van der Waals surface area (Å²) in [5, 5.41) is 0. The first kappa shape index (κ1) is 19.7. The number of methoxy groups -OCH3 is 2. The fourth-order valence-electron chi connectivity index (χ4n) is 3.08. The molecule has 8 nitrogen and oxygen atoms in total. The van der Waals surface area contributed by atoms with Crippen LogP contribution in [0.1, 0.15) is 12.2 Å². The summed E-state index contributed by atoms with van der Waals surface area (Å²) in [4.78, 5) is -0.0540. The molecule has 0 amide bonds. The van der Waals surface area contributed by atoms with E-state index in [4.69, 9.17) is 13.9 Å². The number of benzene rings is 1. The van der Waals surface area contributed by atoms with Gasteiger partial charge in [0.15, 0.2) is 9.84 Å². The van der Waals surface area contributed by atoms with Gasteiger partial charge in [-0.15, -0.1) is 0 Å². The van der Waals surface area contributed by atoms with Crippen molar-refractivity contribution in [3.63, 3.8) is 0 Å². The Morgan fingerprint density at radius 1 is 1.22 bits per heavy atom. The molecule has 1 atom stereocenters. The zero-order chi connectivity index (χ0) is 19.7. The van der Waals surface area contributed by atoms with Crippen molar-refractivity contribution < 1.29 is 30.7 Å². The predicted molar refractivity (Wildman–Crippen MR) is 98.0 cm³/mol. The molecule has 2 heterocycles. The molecule has 0 bridgehead atoms. The third-order valence-corrected chi connectivity index (χ3v) is 8.15. The van der Waals surface area contributed by atoms with Crippen molar-refractivity contribution >= 4 is 19.9 Å². The highest BCUT2D eigenvalue weighted by atomic mass is 32.2. The minimum absolute atomic E-state index is 0.0401. The van der Waals surface area contributed by atoms with Crippen LogP contribution in [-0.2, 0) is 26.4 Å². The van der Waals surface area contributed by atoms with Crippen LogP contribution in [0, 0.1) is 0 Å². The summed E-state index contributed by atoms with van der Waals surface area (Å²) < 4.78 is 67.5. The molecular weight excluding hydrogens is 394 g/mol. The van der Waals surface area contributed by atoms with E-state index in [0.29, 0.717) is 11.5 Å². The van der Waals surface area contributed by atoms with Crippen molar-refractivity contribution in [2.24, 2.45) is 0 Å². The van der Waals surface area contributed by atoms with Crippen LogP contribution in [-0.4, -0.2) is 52.9 Å². The highest BCUT2D eigenvalue weighted by Crippen LogP contribution is 2.34. The van der Waals surface area contributed by atoms with E-state index in [9.17, 15) is 16.8 Å². The average molecular weight is 415 g/mol. The van der Waals surface area contributed by atoms with Crippen LogP contribution in [0.2, 0.25) is 0 Å². The maximum atomic E-state index is 13.4. The van der Waals surface area contributed by atoms with E-state index >= 15 is 0 Å². The van der Waals surface area contributed by atoms with E-state index in [-0.39, 0.29) is 35.1 Å². The quantitative estimate of drug-likeness (QED) is 0.678. The number of sulfonamides is 1. The summed E-state index contributed by atoms with van der Waals surface area (Å²) >= 11 is 0. The Hall–Kier alpha value is -2.04. The van der Waals surface area contributed by atoms with Gasteiger partial charge in [-0.05, 0) is 30.7 Å². The van der Waals surface area contributed by atoms with Gasteiger partial charge >= 0.3 is 0 Å². The number of hydrogen-bond acceptors (Lipinski definition) is 7. The van der Waals surface area contributed by atoms with Gasteiger partial charge in [0.25, 0.3) is 0 Å². The first-order chi connectivity index (χ1) is 12.8. The van der Waals surface area contributed by atoms with Crippen LogP contribution in [0.25, 0.3) is 0 Å². The molecule has 10 heteroatoms. The molecule has 0 radical (unpaired) electrons. The number of rotatable bonds is 7. The van der Waals surface area contributed by atoms with Gasteiger partial charge in [-0.2, -0.15) is 4.31 Å². The molecule has 148 valence electrons. The molecule has 1 saturated heterocycles. The van der Waals surface area contributed by atoms with Crippen LogP contribution in [0.4, 0.5) is 0 Å². The van der Waals surface area contributed by atoms with E-state index in [1.807, 2.05) is 0 Å². The lowest BCUT2D eigenvalue weighted by molar-refractivity contribution is 0.304. The van der Waals surface area contributed by atoms with E-state index in [2.05, 4.69) is 0 Å². The van der Waals surface area contributed by atoms with Gasteiger partial charge in [-0.1, -0.05) is 0 Å². The van der Waals surface area contributed by atoms with Crippen LogP contribution in [0.5, 0.6) is 11.5 Å². The summed E-state index contributed by atoms with van der Waals surface area (Å²) in [7, 11) is -4.49. The molecule has 1 aliphatic rings. The zero-order valence-electron chi connectivity index (χ0n) is 15.0. The minimum atomic E-state index is -4.05. The summed E-state index contributed by atoms with van der Waals surface area (Å²) in [6.45, 7) is -0.0648. The Morgan fingerprint density at radius 3 is 2.56 bits per heavy atom. The third kappa shape index (κ3) is 4.12. The van der Waals surface area contributed by atoms with Crippen molar-refractivity contribution in [1.82, 2.24) is 4.31 Å². The van der Waals surface area contributed by atoms with Crippen molar-refractivity contribution in [3.8, 4) is 11.5 Å². The van der Waals surface area contributed by atoms with E-state index < -0.39 is 25.9 Å². The predicted octanol–water partition coefficient (Wildman–Crippen LogP) is 1.67. The monoisotopic (exact) mass is 415 g/mol. The van der Waals surface area contributed by atoms with Gasteiger partial charge in [0.2, 0.25) is 10.0 Å². The average Bonchev–Trinajstić information content (AvgIpc) is 3.27. The molecule has 1 aliphatic heterocycles. The van der Waals surface area contributed by atoms with E-state index in [1.54, 1.807) is 12.1 Å². The van der Waals surface area contributed by atoms with Crippen LogP contribution in [0.15, 0.2) is 45.9 Å². The second-order valence-electron chi connectivity index (χ2n) is 6.20. The van der Waals surface area contributed by atoms with Crippen LogP contribution < -0.4 is 9.47 Å². The second kappa shape index (κ2) is 7.53. The van der Waals surface area contributed by atoms with Gasteiger partial charge in [0, 0.05) is 12.1 Å². The summed E-state index contributed by atoms with van der Waals surface area (Å²) in [6.07, 6.45) is 1.68. The van der Waals surface area contributed by atoms with E-state index in [1.165, 1.54) is 43.0 Å². The first-order valence-corrected chi connectivity index (χ1v) is 11.5. The van der Waals surface area contributed by atoms with Crippen molar-refractivity contribution in [1.29, 1.82) is 0 Å². The Labute approximate surface area is 158 Å². The minimum Gasteiger partial charge on any atom is -0.497 e. The molecule has 27 heavy (non-hydrogen) atoms. The molecule has 1 aromatic heterocycles. The fourth-order valence-corrected chi connectivity index (χ4v) is 6.67. The summed E-state index contributed by atoms with van der Waals surface area (Å²) in [6, 6.07) is 7.02. The first-order valence-electron chi connectivity index (χ1n) is 8.23. The van der Waals surface area contributed by atoms with Crippen LogP contribution >= 0.6 is 0 Å². The highest BCUT2D eigenvalue weighted by molar-refractivity contribution is 7.92. The summed E-state index contributed by atoms with van der Waals surface area (Å²) in [5.74, 6) is 0.745. The van der Waals surface area contributed by atoms with Gasteiger partial charge in [0.05, 0.1) is 38.5 Å². The number of ether oxygens (including phenoxy) is 2. The fraction of sp³-hybridized carbons (Fsp3) is 0.412. The molecule has 0 spiro atoms. The van der Waals surface area contributed by atoms with E-state index in [0.717, 1.165) is 0 Å². The Bertz CT molecular complexity index is 998. The standard InChI is InChI=1S/C17H21NO7S2/c1-23-14-5-6-17(16(10-14)24-2)27(21,22)18(11-15-4-3-8-25-15)13-7-9-26(19,20)12-13/h3-6,8,10,13H,7,9,11-12H2,1-2H3/t13-/m1/s1. The molecule has 2 aromatic rings. The molecule has 1 aromatic carbocycles. The highest BCUT2D eigenvalue weighted by Gasteiger charge is 2.40. The number of furan rings is 1. The number of hydrogen-bond donors (Lipinski definition) is 0. The van der Waals surface area contributed by atoms with Gasteiger partial charge in [-0.25, -0.2) is 16.8 Å². The Kier molecular flexibility index (Phi) is 5.50. The molecule has 0 N–H and O–H groups in total. The topological polar surface area (TPSA) is 103 Å². The number of sulfone groups is 1. The largest absolute Gasteiger partial charge is 0.497 e. The molecule has 3 rings (SSSR count). The smallest absolute Gasteiger partial charge is 0.247 e. The Balaban J connectivity index is 2.05. The molecule has 0 saturated carbocycles. The summed E-state index contributed by atoms with van der Waals surface area (Å²) in [5.41, 5.74) is 0. The third-order valence-electron chi connectivity index (χ3n) is 4.46. The zero-order valence-corrected chi connectivity index (χ0v) is 16.6. The molecular formula is C17H21NO7S2. The maximum absolute atomic E-state index is 13.4. The molecule has 0 aliphatic carbocycles. The lowest BCUT2D eigenvalue weighted by atomic mass is 10.2. The Morgan fingerprint density at radius 2 is 2.00 bits per heavy atom. The lowest BCUT2D eigenvalue weighted by Gasteiger charge is -2.27. The molecule has 1 fully saturated rings. The molecule has 0 unspecified atom stereocenters. The second-order valence-corrected chi connectivity index (χ2v) is 10.3. The van der Waals surface area contributed by atoms with Crippen molar-refractivity contribution in [3.05, 3.63) is 42.4 Å². The maximum Gasteiger partial charge on any atom is 0.247 e. The lowest BCUT2D eigenvalue weighted by Crippen LogP contribution is -2.40. The van der Waals surface area contributed by atoms with Crippen LogP contribution in [0.3, 0.4) is 0 Å². The normalized spacial score (nSPS) is 19.3. The van der Waals surface area contributed by atoms with Crippen molar-refractivity contribution in [2.75, 3.05) is 25.7 Å². The SMILES string of the molecule is COc1ccc(S(=O)(=O)N(Cc2ccco2)[C@@H]2CCS(=O)(=O)C2)c(OC)c1. The van der Waals surface area contributed by atoms with Crippen molar-refractivity contribution in [2.45, 2.75) is 23.9 Å².